The van der Waals surface area contributed by atoms with Gasteiger partial charge in [-0.3, -0.25) is 0 Å². The Morgan fingerprint density at radius 2 is 1.71 bits per heavy atom. The monoisotopic (exact) mass is 290 g/mol. The van der Waals surface area contributed by atoms with Gasteiger partial charge in [-0.15, -0.1) is 0 Å². The van der Waals surface area contributed by atoms with Crippen LogP contribution in [0.5, 0.6) is 5.75 Å². The fourth-order valence-electron chi connectivity index (χ4n) is 2.79. The first kappa shape index (κ1) is 16.3. The van der Waals surface area contributed by atoms with Crippen molar-refractivity contribution in [2.45, 2.75) is 52.2 Å². The molecule has 0 bridgehead atoms. The number of benzene rings is 1. The zero-order chi connectivity index (χ0) is 14.9. The maximum absolute atomic E-state index is 5.66. The zero-order valence-corrected chi connectivity index (χ0v) is 13.6. The van der Waals surface area contributed by atoms with Crippen molar-refractivity contribution in [3.05, 3.63) is 29.8 Å². The van der Waals surface area contributed by atoms with E-state index in [9.17, 15) is 0 Å². The van der Waals surface area contributed by atoms with E-state index >= 15 is 0 Å². The van der Waals surface area contributed by atoms with Gasteiger partial charge in [0, 0.05) is 19.6 Å². The van der Waals surface area contributed by atoms with Crippen LogP contribution in [0.4, 0.5) is 0 Å². The molecule has 0 spiro atoms. The molecule has 1 N–H and O–H groups in total. The Morgan fingerprint density at radius 1 is 1.05 bits per heavy atom. The van der Waals surface area contributed by atoms with Crippen LogP contribution in [0.3, 0.4) is 0 Å². The zero-order valence-electron chi connectivity index (χ0n) is 13.6. The molecule has 3 nitrogen and oxygen atoms in total. The van der Waals surface area contributed by atoms with Crippen LogP contribution in [0.2, 0.25) is 0 Å². The van der Waals surface area contributed by atoms with Crippen LogP contribution in [-0.4, -0.2) is 37.2 Å². The summed E-state index contributed by atoms with van der Waals surface area (Å²) in [5, 5.41) is 3.55. The number of rotatable bonds is 7. The molecule has 1 aliphatic heterocycles. The summed E-state index contributed by atoms with van der Waals surface area (Å²) in [6.07, 6.45) is 5.81. The number of nitrogens with zero attached hydrogens (tertiary/aromatic N) is 1. The molecule has 0 aromatic heterocycles. The molecule has 0 radical (unpaired) electrons. The van der Waals surface area contributed by atoms with E-state index in [1.165, 1.54) is 50.9 Å². The molecule has 21 heavy (non-hydrogen) atoms. The van der Waals surface area contributed by atoms with Crippen LogP contribution >= 0.6 is 0 Å². The van der Waals surface area contributed by atoms with Gasteiger partial charge in [-0.2, -0.15) is 0 Å². The van der Waals surface area contributed by atoms with Crippen molar-refractivity contribution in [1.82, 2.24) is 10.2 Å². The number of ether oxygens (including phenoxy) is 1. The lowest BCUT2D eigenvalue weighted by atomic mass is 10.2. The third-order valence-corrected chi connectivity index (χ3v) is 3.93. The predicted molar refractivity (Wildman–Crippen MR) is 88.8 cm³/mol. The smallest absolute Gasteiger partial charge is 0.119 e. The van der Waals surface area contributed by atoms with Crippen molar-refractivity contribution in [3.63, 3.8) is 0 Å². The molecule has 1 aromatic rings. The summed E-state index contributed by atoms with van der Waals surface area (Å²) >= 11 is 0. The summed E-state index contributed by atoms with van der Waals surface area (Å²) in [4.78, 5) is 2.60. The van der Waals surface area contributed by atoms with Gasteiger partial charge in [0.25, 0.3) is 0 Å². The largest absolute Gasteiger partial charge is 0.491 e. The highest BCUT2D eigenvalue weighted by Crippen LogP contribution is 2.13. The van der Waals surface area contributed by atoms with Gasteiger partial charge in [0.1, 0.15) is 5.75 Å². The van der Waals surface area contributed by atoms with E-state index in [0.717, 1.165) is 18.8 Å². The molecule has 1 aromatic carbocycles. The molecule has 0 saturated carbocycles. The van der Waals surface area contributed by atoms with Crippen LogP contribution < -0.4 is 10.1 Å². The third-order valence-electron chi connectivity index (χ3n) is 3.93. The Morgan fingerprint density at radius 3 is 2.33 bits per heavy atom. The molecule has 1 heterocycles. The maximum Gasteiger partial charge on any atom is 0.119 e. The van der Waals surface area contributed by atoms with Gasteiger partial charge in [0.15, 0.2) is 0 Å². The lowest BCUT2D eigenvalue weighted by Gasteiger charge is -2.19. The first-order chi connectivity index (χ1) is 10.2. The fourth-order valence-corrected chi connectivity index (χ4v) is 2.79. The van der Waals surface area contributed by atoms with E-state index < -0.39 is 0 Å². The van der Waals surface area contributed by atoms with E-state index in [2.05, 4.69) is 48.3 Å². The summed E-state index contributed by atoms with van der Waals surface area (Å²) in [5.41, 5.74) is 1.32. The van der Waals surface area contributed by atoms with Gasteiger partial charge in [-0.1, -0.05) is 25.0 Å². The van der Waals surface area contributed by atoms with Crippen LogP contribution in [0, 0.1) is 0 Å². The molecular formula is C18H30N2O. The third kappa shape index (κ3) is 6.49. The highest BCUT2D eigenvalue weighted by molar-refractivity contribution is 5.27. The molecule has 1 fully saturated rings. The van der Waals surface area contributed by atoms with E-state index in [4.69, 9.17) is 4.74 Å². The molecule has 0 amide bonds. The normalized spacial score (nSPS) is 16.9. The van der Waals surface area contributed by atoms with Gasteiger partial charge < -0.3 is 15.0 Å². The van der Waals surface area contributed by atoms with Crippen LogP contribution in [-0.2, 0) is 6.54 Å². The van der Waals surface area contributed by atoms with E-state index in [1.54, 1.807) is 0 Å². The Labute approximate surface area is 129 Å². The van der Waals surface area contributed by atoms with Crippen molar-refractivity contribution >= 4 is 0 Å². The standard InChI is InChI=1S/C18H30N2O/c1-16(2)21-18-9-7-17(8-10-18)15-19-11-14-20-12-5-3-4-6-13-20/h7-10,16,19H,3-6,11-15H2,1-2H3. The van der Waals surface area contributed by atoms with Crippen LogP contribution in [0.25, 0.3) is 0 Å². The molecule has 1 saturated heterocycles. The van der Waals surface area contributed by atoms with Crippen molar-refractivity contribution in [2.24, 2.45) is 0 Å². The summed E-state index contributed by atoms with van der Waals surface area (Å²) in [6, 6.07) is 8.42. The lowest BCUT2D eigenvalue weighted by Crippen LogP contribution is -2.32. The van der Waals surface area contributed by atoms with Crippen molar-refractivity contribution in [3.8, 4) is 5.75 Å². The van der Waals surface area contributed by atoms with Gasteiger partial charge in [-0.25, -0.2) is 0 Å². The lowest BCUT2D eigenvalue weighted by molar-refractivity contribution is 0.242. The minimum absolute atomic E-state index is 0.239. The summed E-state index contributed by atoms with van der Waals surface area (Å²) in [7, 11) is 0. The van der Waals surface area contributed by atoms with Crippen LogP contribution in [0.1, 0.15) is 45.1 Å². The SMILES string of the molecule is CC(C)Oc1ccc(CNCCN2CCCCCC2)cc1. The van der Waals surface area contributed by atoms with Crippen molar-refractivity contribution < 1.29 is 4.74 Å². The molecule has 0 unspecified atom stereocenters. The van der Waals surface area contributed by atoms with Gasteiger partial charge in [-0.05, 0) is 57.5 Å². The van der Waals surface area contributed by atoms with E-state index in [0.29, 0.717) is 0 Å². The second-order valence-corrected chi connectivity index (χ2v) is 6.24. The topological polar surface area (TPSA) is 24.5 Å². The Hall–Kier alpha value is -1.06. The molecule has 0 aliphatic carbocycles. The van der Waals surface area contributed by atoms with Gasteiger partial charge >= 0.3 is 0 Å². The first-order valence-electron chi connectivity index (χ1n) is 8.43. The Balaban J connectivity index is 1.63. The second kappa shape index (κ2) is 9.06. The summed E-state index contributed by atoms with van der Waals surface area (Å²) < 4.78 is 5.66. The van der Waals surface area contributed by atoms with Crippen molar-refractivity contribution in [2.75, 3.05) is 26.2 Å². The summed E-state index contributed by atoms with van der Waals surface area (Å²) in [5.74, 6) is 0.957. The average Bonchev–Trinajstić information content (AvgIpc) is 2.73. The maximum atomic E-state index is 5.66. The Bertz CT molecular complexity index is 381. The van der Waals surface area contributed by atoms with Crippen molar-refractivity contribution in [1.29, 1.82) is 0 Å². The van der Waals surface area contributed by atoms with Gasteiger partial charge in [0.2, 0.25) is 0 Å². The number of nitrogens with one attached hydrogen (secondary N) is 1. The highest BCUT2D eigenvalue weighted by atomic mass is 16.5. The second-order valence-electron chi connectivity index (χ2n) is 6.24. The Kier molecular flexibility index (Phi) is 7.04. The number of hydrogen-bond acceptors (Lipinski definition) is 3. The number of hydrogen-bond donors (Lipinski definition) is 1. The summed E-state index contributed by atoms with van der Waals surface area (Å²) in [6.45, 7) is 9.86. The average molecular weight is 290 g/mol. The molecule has 118 valence electrons. The van der Waals surface area contributed by atoms with Gasteiger partial charge in [0.05, 0.1) is 6.10 Å². The first-order valence-corrected chi connectivity index (χ1v) is 8.43. The predicted octanol–water partition coefficient (Wildman–Crippen LogP) is 3.44. The molecule has 3 heteroatoms. The molecule has 0 atom stereocenters. The number of likely N-dealkylation sites (tertiary alicyclic amines) is 1. The molecule has 1 aliphatic rings. The highest BCUT2D eigenvalue weighted by Gasteiger charge is 2.07. The van der Waals surface area contributed by atoms with E-state index in [-0.39, 0.29) is 6.10 Å². The minimum atomic E-state index is 0.239. The van der Waals surface area contributed by atoms with Crippen LogP contribution in [0.15, 0.2) is 24.3 Å². The fraction of sp³-hybridized carbons (Fsp3) is 0.667. The molecular weight excluding hydrogens is 260 g/mol. The minimum Gasteiger partial charge on any atom is -0.491 e. The quantitative estimate of drug-likeness (QED) is 0.779. The molecule has 2 rings (SSSR count). The van der Waals surface area contributed by atoms with E-state index in [1.807, 2.05) is 0 Å².